The molecule has 4 heteroatoms. The summed E-state index contributed by atoms with van der Waals surface area (Å²) in [6.07, 6.45) is 3.72. The van der Waals surface area contributed by atoms with E-state index >= 15 is 0 Å². The second kappa shape index (κ2) is 11.5. The Kier molecular flexibility index (Phi) is 8.63. The largest absolute Gasteiger partial charge is 0.0840 e. The molecule has 1 aliphatic carbocycles. The number of halogens is 4. The lowest BCUT2D eigenvalue weighted by Crippen LogP contribution is -2.41. The van der Waals surface area contributed by atoms with Crippen molar-refractivity contribution in [3.63, 3.8) is 0 Å². The number of hydrogen-bond donors (Lipinski definition) is 0. The monoisotopic (exact) mass is 636 g/mol. The standard InChI is InChI=1S/C38H40Cl4/c1-21-13-29(17-33(39)25(21)5)37(30-14-22(2)26(6)34(40)18-30)9-11-38(12-10-37,31-15-23(3)27(7)35(41)19-31)32-16-24(4)28(8)36(42)20-32/h13-20H,9-12H2,1-8H3. The molecule has 0 bridgehead atoms. The topological polar surface area (TPSA) is 0 Å². The van der Waals surface area contributed by atoms with Crippen molar-refractivity contribution in [3.05, 3.63) is 135 Å². The minimum absolute atomic E-state index is 0.235. The summed E-state index contributed by atoms with van der Waals surface area (Å²) in [6, 6.07) is 18.2. The lowest BCUT2D eigenvalue weighted by atomic mass is 9.55. The van der Waals surface area contributed by atoms with Crippen LogP contribution in [0.25, 0.3) is 0 Å². The molecule has 1 saturated carbocycles. The van der Waals surface area contributed by atoms with Gasteiger partial charge in [0.05, 0.1) is 0 Å². The molecule has 1 aliphatic rings. The van der Waals surface area contributed by atoms with Crippen LogP contribution in [0.3, 0.4) is 0 Å². The average molecular weight is 639 g/mol. The van der Waals surface area contributed by atoms with Gasteiger partial charge in [0.1, 0.15) is 0 Å². The van der Waals surface area contributed by atoms with Crippen molar-refractivity contribution in [2.45, 2.75) is 91.9 Å². The van der Waals surface area contributed by atoms with Crippen LogP contribution in [-0.4, -0.2) is 0 Å². The quantitative estimate of drug-likeness (QED) is 0.209. The van der Waals surface area contributed by atoms with Crippen molar-refractivity contribution in [1.29, 1.82) is 0 Å². The minimum Gasteiger partial charge on any atom is -0.0840 e. The van der Waals surface area contributed by atoms with Gasteiger partial charge < -0.3 is 0 Å². The van der Waals surface area contributed by atoms with Crippen molar-refractivity contribution >= 4 is 46.4 Å². The third kappa shape index (κ3) is 5.21. The number of hydrogen-bond acceptors (Lipinski definition) is 0. The third-order valence-electron chi connectivity index (χ3n) is 10.6. The lowest BCUT2D eigenvalue weighted by Gasteiger charge is -2.49. The van der Waals surface area contributed by atoms with E-state index in [1.807, 2.05) is 0 Å². The maximum absolute atomic E-state index is 6.87. The summed E-state index contributed by atoms with van der Waals surface area (Å²) in [5, 5.41) is 3.27. The Labute approximate surface area is 272 Å². The number of benzene rings is 4. The minimum atomic E-state index is -0.235. The van der Waals surface area contributed by atoms with Gasteiger partial charge in [0.2, 0.25) is 0 Å². The molecule has 4 aromatic carbocycles. The van der Waals surface area contributed by atoms with Crippen LogP contribution >= 0.6 is 46.4 Å². The predicted molar refractivity (Wildman–Crippen MR) is 184 cm³/mol. The van der Waals surface area contributed by atoms with Crippen molar-refractivity contribution in [1.82, 2.24) is 0 Å². The van der Waals surface area contributed by atoms with Crippen molar-refractivity contribution in [3.8, 4) is 0 Å². The van der Waals surface area contributed by atoms with Crippen molar-refractivity contribution in [2.24, 2.45) is 0 Å². The van der Waals surface area contributed by atoms with Crippen LogP contribution in [0.1, 0.15) is 92.4 Å². The first kappa shape index (κ1) is 31.5. The summed E-state index contributed by atoms with van der Waals surface area (Å²) in [7, 11) is 0. The molecule has 4 aromatic rings. The molecule has 0 aliphatic heterocycles. The third-order valence-corrected chi connectivity index (χ3v) is 12.2. The van der Waals surface area contributed by atoms with E-state index in [1.165, 1.54) is 44.5 Å². The van der Waals surface area contributed by atoms with Crippen LogP contribution in [0.2, 0.25) is 20.1 Å². The molecule has 0 heterocycles. The maximum atomic E-state index is 6.87. The van der Waals surface area contributed by atoms with Gasteiger partial charge in [0, 0.05) is 30.9 Å². The van der Waals surface area contributed by atoms with Crippen LogP contribution in [0, 0.1) is 55.4 Å². The first-order valence-corrected chi connectivity index (χ1v) is 16.3. The molecular formula is C38H40Cl4. The van der Waals surface area contributed by atoms with Gasteiger partial charge in [-0.05, 0) is 172 Å². The first-order valence-electron chi connectivity index (χ1n) is 14.8. The van der Waals surface area contributed by atoms with E-state index in [1.54, 1.807) is 0 Å². The van der Waals surface area contributed by atoms with Gasteiger partial charge in [0.25, 0.3) is 0 Å². The Balaban J connectivity index is 1.75. The van der Waals surface area contributed by atoms with Gasteiger partial charge in [-0.25, -0.2) is 0 Å². The molecule has 1 fully saturated rings. The van der Waals surface area contributed by atoms with Gasteiger partial charge in [-0.1, -0.05) is 70.7 Å². The Morgan fingerprint density at radius 1 is 0.357 bits per heavy atom. The Morgan fingerprint density at radius 3 is 0.714 bits per heavy atom. The zero-order valence-corrected chi connectivity index (χ0v) is 29.0. The molecule has 0 spiro atoms. The zero-order valence-electron chi connectivity index (χ0n) is 26.0. The van der Waals surface area contributed by atoms with Crippen molar-refractivity contribution in [2.75, 3.05) is 0 Å². The second-order valence-corrected chi connectivity index (χ2v) is 14.4. The Hall–Kier alpha value is -1.96. The second-order valence-electron chi connectivity index (χ2n) is 12.8. The fourth-order valence-corrected chi connectivity index (χ4v) is 8.03. The fourth-order valence-electron chi connectivity index (χ4n) is 6.96. The van der Waals surface area contributed by atoms with E-state index in [0.29, 0.717) is 0 Å². The Bertz CT molecular complexity index is 1360. The van der Waals surface area contributed by atoms with Crippen LogP contribution < -0.4 is 0 Å². The normalized spacial score (nSPS) is 16.1. The molecule has 0 amide bonds. The molecule has 5 rings (SSSR count). The van der Waals surface area contributed by atoms with Gasteiger partial charge in [0.15, 0.2) is 0 Å². The highest BCUT2D eigenvalue weighted by atomic mass is 35.5. The van der Waals surface area contributed by atoms with E-state index in [0.717, 1.165) is 68.0 Å². The summed E-state index contributed by atoms with van der Waals surface area (Å²) in [6.45, 7) is 17.0. The molecule has 0 nitrogen and oxygen atoms in total. The predicted octanol–water partition coefficient (Wildman–Crippen LogP) is 12.6. The Morgan fingerprint density at radius 2 is 0.548 bits per heavy atom. The molecule has 42 heavy (non-hydrogen) atoms. The molecule has 220 valence electrons. The number of rotatable bonds is 4. The van der Waals surface area contributed by atoms with E-state index in [-0.39, 0.29) is 10.8 Å². The summed E-state index contributed by atoms with van der Waals surface area (Å²) in [4.78, 5) is 0. The maximum Gasteiger partial charge on any atom is 0.0440 e. The number of aryl methyl sites for hydroxylation is 4. The van der Waals surface area contributed by atoms with Gasteiger partial charge >= 0.3 is 0 Å². The smallest absolute Gasteiger partial charge is 0.0440 e. The highest BCUT2D eigenvalue weighted by molar-refractivity contribution is 6.32. The fraction of sp³-hybridized carbons (Fsp3) is 0.368. The van der Waals surface area contributed by atoms with E-state index in [9.17, 15) is 0 Å². The summed E-state index contributed by atoms with van der Waals surface area (Å²) < 4.78 is 0. The SMILES string of the molecule is Cc1cc(C2(c3cc(C)c(C)c(Cl)c3)CCC(c3cc(C)c(C)c(Cl)c3)(c3cc(C)c(C)c(Cl)c3)CC2)cc(Cl)c1C. The lowest BCUT2D eigenvalue weighted by molar-refractivity contribution is 0.256. The molecule has 0 unspecified atom stereocenters. The molecule has 0 aromatic heterocycles. The van der Waals surface area contributed by atoms with Crippen molar-refractivity contribution < 1.29 is 0 Å². The molecule has 0 atom stereocenters. The van der Waals surface area contributed by atoms with Crippen LogP contribution in [-0.2, 0) is 10.8 Å². The van der Waals surface area contributed by atoms with Gasteiger partial charge in [-0.3, -0.25) is 0 Å². The molecule has 0 N–H and O–H groups in total. The zero-order chi connectivity index (χ0) is 30.7. The molecule has 0 radical (unpaired) electrons. The summed E-state index contributed by atoms with van der Waals surface area (Å²) in [5.74, 6) is 0. The average Bonchev–Trinajstić information content (AvgIpc) is 2.95. The summed E-state index contributed by atoms with van der Waals surface area (Å²) in [5.41, 5.74) is 14.0. The van der Waals surface area contributed by atoms with Gasteiger partial charge in [-0.2, -0.15) is 0 Å². The molecule has 0 saturated heterocycles. The van der Waals surface area contributed by atoms with E-state index < -0.39 is 0 Å². The van der Waals surface area contributed by atoms with Crippen LogP contribution in [0.5, 0.6) is 0 Å². The highest BCUT2D eigenvalue weighted by Gasteiger charge is 2.47. The summed E-state index contributed by atoms with van der Waals surface area (Å²) >= 11 is 27.5. The highest BCUT2D eigenvalue weighted by Crippen LogP contribution is 2.56. The molecular weight excluding hydrogens is 598 g/mol. The van der Waals surface area contributed by atoms with E-state index in [2.05, 4.69) is 104 Å². The van der Waals surface area contributed by atoms with Crippen LogP contribution in [0.4, 0.5) is 0 Å². The van der Waals surface area contributed by atoms with Gasteiger partial charge in [-0.15, -0.1) is 0 Å². The first-order chi connectivity index (χ1) is 19.7. The van der Waals surface area contributed by atoms with E-state index in [4.69, 9.17) is 46.4 Å². The van der Waals surface area contributed by atoms with Crippen LogP contribution in [0.15, 0.2) is 48.5 Å².